The Bertz CT molecular complexity index is 680. The quantitative estimate of drug-likeness (QED) is 0.599. The van der Waals surface area contributed by atoms with Crippen LogP contribution in [0.5, 0.6) is 0 Å². The van der Waals surface area contributed by atoms with Gasteiger partial charge in [-0.1, -0.05) is 49.3 Å². The third-order valence-electron chi connectivity index (χ3n) is 3.26. The number of aromatic nitrogens is 1. The molecule has 0 radical (unpaired) electrons. The van der Waals surface area contributed by atoms with Crippen LogP contribution in [0.15, 0.2) is 40.9 Å². The summed E-state index contributed by atoms with van der Waals surface area (Å²) in [5, 5.41) is 6.66. The number of oxime groups is 1. The summed E-state index contributed by atoms with van der Waals surface area (Å²) in [4.78, 5) is 23.3. The molecule has 2 rings (SSSR count). The summed E-state index contributed by atoms with van der Waals surface area (Å²) in [6.45, 7) is 5.93. The number of nitrogens with zero attached hydrogens (tertiary/aromatic N) is 3. The van der Waals surface area contributed by atoms with Crippen LogP contribution in [0.2, 0.25) is 0 Å². The minimum Gasteiger partial charge on any atom is -0.389 e. The first-order chi connectivity index (χ1) is 11.0. The fourth-order valence-electron chi connectivity index (χ4n) is 1.93. The molecule has 0 unspecified atom stereocenters. The van der Waals surface area contributed by atoms with Crippen molar-refractivity contribution in [2.24, 2.45) is 11.1 Å². The van der Waals surface area contributed by atoms with E-state index in [0.29, 0.717) is 5.13 Å². The fourth-order valence-corrected chi connectivity index (χ4v) is 2.71. The van der Waals surface area contributed by atoms with Crippen molar-refractivity contribution in [2.75, 3.05) is 11.9 Å². The Morgan fingerprint density at radius 2 is 2.04 bits per heavy atom. The Kier molecular flexibility index (Phi) is 5.87. The maximum Gasteiger partial charge on any atom is 0.231 e. The molecule has 2 aromatic rings. The van der Waals surface area contributed by atoms with Crippen molar-refractivity contribution in [1.29, 1.82) is 0 Å². The summed E-state index contributed by atoms with van der Waals surface area (Å²) < 4.78 is 0. The second-order valence-electron chi connectivity index (χ2n) is 5.49. The van der Waals surface area contributed by atoms with E-state index in [1.54, 1.807) is 11.9 Å². The van der Waals surface area contributed by atoms with Gasteiger partial charge in [-0.2, -0.15) is 0 Å². The minimum atomic E-state index is -0.0540. The topological polar surface area (TPSA) is 54.8 Å². The molecule has 1 aromatic carbocycles. The molecule has 0 fully saturated rings. The van der Waals surface area contributed by atoms with E-state index in [4.69, 9.17) is 4.84 Å². The number of benzene rings is 1. The highest BCUT2D eigenvalue weighted by Crippen LogP contribution is 2.21. The van der Waals surface area contributed by atoms with E-state index in [1.165, 1.54) is 11.3 Å². The first-order valence-corrected chi connectivity index (χ1v) is 8.31. The van der Waals surface area contributed by atoms with Crippen molar-refractivity contribution in [3.63, 3.8) is 0 Å². The third kappa shape index (κ3) is 4.63. The number of carbonyl (C=O) groups is 1. The highest BCUT2D eigenvalue weighted by Gasteiger charge is 2.17. The molecule has 0 spiro atoms. The van der Waals surface area contributed by atoms with Gasteiger partial charge in [0, 0.05) is 18.3 Å². The maximum atomic E-state index is 12.0. The van der Waals surface area contributed by atoms with E-state index >= 15 is 0 Å². The molecule has 0 bridgehead atoms. The lowest BCUT2D eigenvalue weighted by Crippen LogP contribution is -2.30. The molecule has 5 nitrogen and oxygen atoms in total. The standard InChI is InChI=1S/C17H21N3O2S/c1-12(2)16(21)20(4)17-18-15(11-23-17)10-22-19-13(3)14-8-6-5-7-9-14/h5-9,11-12H,10H2,1-4H3/b19-13+. The van der Waals surface area contributed by atoms with Gasteiger partial charge in [0.05, 0.1) is 11.4 Å². The Morgan fingerprint density at radius 1 is 1.35 bits per heavy atom. The molecule has 23 heavy (non-hydrogen) atoms. The molecule has 0 atom stereocenters. The van der Waals surface area contributed by atoms with Crippen LogP contribution in [0.1, 0.15) is 32.0 Å². The van der Waals surface area contributed by atoms with Crippen molar-refractivity contribution in [3.8, 4) is 0 Å². The van der Waals surface area contributed by atoms with Crippen LogP contribution in [0.4, 0.5) is 5.13 Å². The van der Waals surface area contributed by atoms with Crippen LogP contribution in [-0.4, -0.2) is 23.7 Å². The summed E-state index contributed by atoms with van der Waals surface area (Å²) in [7, 11) is 1.74. The van der Waals surface area contributed by atoms with Gasteiger partial charge >= 0.3 is 0 Å². The van der Waals surface area contributed by atoms with E-state index in [1.807, 2.05) is 56.5 Å². The summed E-state index contributed by atoms with van der Waals surface area (Å²) in [6.07, 6.45) is 0. The van der Waals surface area contributed by atoms with E-state index in [2.05, 4.69) is 10.1 Å². The molecule has 6 heteroatoms. The lowest BCUT2D eigenvalue weighted by Gasteiger charge is -2.15. The smallest absolute Gasteiger partial charge is 0.231 e. The zero-order valence-corrected chi connectivity index (χ0v) is 14.6. The number of carbonyl (C=O) groups excluding carboxylic acids is 1. The largest absolute Gasteiger partial charge is 0.389 e. The van der Waals surface area contributed by atoms with Crippen LogP contribution in [-0.2, 0) is 16.2 Å². The van der Waals surface area contributed by atoms with Gasteiger partial charge in [-0.3, -0.25) is 9.69 Å². The van der Waals surface area contributed by atoms with Gasteiger partial charge in [0.2, 0.25) is 5.91 Å². The molecule has 0 saturated heterocycles. The first-order valence-electron chi connectivity index (χ1n) is 7.43. The molecular formula is C17H21N3O2S. The summed E-state index contributed by atoms with van der Waals surface area (Å²) in [6, 6.07) is 9.85. The van der Waals surface area contributed by atoms with Crippen molar-refractivity contribution in [2.45, 2.75) is 27.4 Å². The van der Waals surface area contributed by atoms with Crippen LogP contribution in [0.25, 0.3) is 0 Å². The highest BCUT2D eigenvalue weighted by atomic mass is 32.1. The summed E-state index contributed by atoms with van der Waals surface area (Å²) in [5.74, 6) is -0.00789. The summed E-state index contributed by atoms with van der Waals surface area (Å²) >= 11 is 1.42. The van der Waals surface area contributed by atoms with E-state index in [0.717, 1.165) is 17.0 Å². The van der Waals surface area contributed by atoms with Gasteiger partial charge in [-0.05, 0) is 12.5 Å². The number of hydrogen-bond acceptors (Lipinski definition) is 5. The molecular weight excluding hydrogens is 310 g/mol. The molecule has 0 saturated carbocycles. The van der Waals surface area contributed by atoms with E-state index in [9.17, 15) is 4.79 Å². The van der Waals surface area contributed by atoms with Crippen molar-refractivity contribution < 1.29 is 9.63 Å². The van der Waals surface area contributed by atoms with Gasteiger partial charge in [0.25, 0.3) is 0 Å². The fraction of sp³-hybridized carbons (Fsp3) is 0.353. The lowest BCUT2D eigenvalue weighted by atomic mass is 10.1. The zero-order valence-electron chi connectivity index (χ0n) is 13.8. The molecule has 1 amide bonds. The number of rotatable bonds is 6. The Morgan fingerprint density at radius 3 is 2.70 bits per heavy atom. The monoisotopic (exact) mass is 331 g/mol. The molecule has 0 aliphatic heterocycles. The number of amides is 1. The predicted molar refractivity (Wildman–Crippen MR) is 93.8 cm³/mol. The van der Waals surface area contributed by atoms with Crippen molar-refractivity contribution in [1.82, 2.24) is 4.98 Å². The molecule has 1 heterocycles. The van der Waals surface area contributed by atoms with Crippen molar-refractivity contribution >= 4 is 28.1 Å². The predicted octanol–water partition coefficient (Wildman–Crippen LogP) is 3.70. The molecule has 0 aliphatic rings. The molecule has 0 N–H and O–H groups in total. The Hall–Kier alpha value is -2.21. The molecule has 1 aromatic heterocycles. The SMILES string of the molecule is C/C(=N\OCc1csc(N(C)C(=O)C(C)C)n1)c1ccccc1. The lowest BCUT2D eigenvalue weighted by molar-refractivity contribution is -0.121. The zero-order chi connectivity index (χ0) is 16.8. The number of thiazole rings is 1. The van der Waals surface area contributed by atoms with Gasteiger partial charge < -0.3 is 4.84 Å². The third-order valence-corrected chi connectivity index (χ3v) is 4.22. The van der Waals surface area contributed by atoms with Crippen LogP contribution >= 0.6 is 11.3 Å². The van der Waals surface area contributed by atoms with Crippen LogP contribution < -0.4 is 4.90 Å². The number of anilines is 1. The summed E-state index contributed by atoms with van der Waals surface area (Å²) in [5.41, 5.74) is 2.60. The van der Waals surface area contributed by atoms with Crippen LogP contribution in [0, 0.1) is 5.92 Å². The van der Waals surface area contributed by atoms with Gasteiger partial charge in [-0.15, -0.1) is 11.3 Å². The first kappa shape index (κ1) is 17.1. The average Bonchev–Trinajstić information content (AvgIpc) is 3.03. The van der Waals surface area contributed by atoms with Gasteiger partial charge in [0.15, 0.2) is 11.7 Å². The Balaban J connectivity index is 1.94. The average molecular weight is 331 g/mol. The van der Waals surface area contributed by atoms with E-state index in [-0.39, 0.29) is 18.4 Å². The van der Waals surface area contributed by atoms with Gasteiger partial charge in [0.1, 0.15) is 0 Å². The normalized spacial score (nSPS) is 11.6. The minimum absolute atomic E-state index is 0.0461. The van der Waals surface area contributed by atoms with Crippen molar-refractivity contribution in [3.05, 3.63) is 47.0 Å². The maximum absolute atomic E-state index is 12.0. The second kappa shape index (κ2) is 7.87. The second-order valence-corrected chi connectivity index (χ2v) is 6.33. The molecule has 0 aliphatic carbocycles. The van der Waals surface area contributed by atoms with Gasteiger partial charge in [-0.25, -0.2) is 4.98 Å². The highest BCUT2D eigenvalue weighted by molar-refractivity contribution is 7.14. The van der Waals surface area contributed by atoms with Crippen LogP contribution in [0.3, 0.4) is 0 Å². The number of hydrogen-bond donors (Lipinski definition) is 0. The Labute approximate surface area is 140 Å². The van der Waals surface area contributed by atoms with E-state index < -0.39 is 0 Å². The molecule has 122 valence electrons.